The normalized spacial score (nSPS) is 15.0. The van der Waals surface area contributed by atoms with Crippen LogP contribution < -0.4 is 15.4 Å². The number of hydrogen-bond acceptors (Lipinski definition) is 7. The van der Waals surface area contributed by atoms with Crippen LogP contribution in [0, 0.1) is 0 Å². The van der Waals surface area contributed by atoms with E-state index in [1.807, 2.05) is 46.8 Å². The molecule has 4 aromatic rings. The second kappa shape index (κ2) is 10.8. The molecule has 1 aliphatic rings. The van der Waals surface area contributed by atoms with Gasteiger partial charge in [-0.2, -0.15) is 5.10 Å². The molecule has 2 aromatic carbocycles. The monoisotopic (exact) mass is 514 g/mol. The number of carboxylic acids is 1. The van der Waals surface area contributed by atoms with E-state index < -0.39 is 5.97 Å². The number of carbonyl (C=O) groups is 2. The molecule has 1 saturated heterocycles. The molecule has 0 bridgehead atoms. The predicted molar refractivity (Wildman–Crippen MR) is 145 cm³/mol. The minimum Gasteiger partial charge on any atom is -0.497 e. The maximum atomic E-state index is 12.2. The van der Waals surface area contributed by atoms with Crippen LogP contribution in [0.5, 0.6) is 5.75 Å². The average molecular weight is 515 g/mol. The van der Waals surface area contributed by atoms with Crippen LogP contribution >= 0.6 is 0 Å². The molecule has 0 radical (unpaired) electrons. The number of carboxylic acid groups (broad SMARTS) is 1. The quantitative estimate of drug-likeness (QED) is 0.301. The van der Waals surface area contributed by atoms with Crippen molar-refractivity contribution in [3.63, 3.8) is 0 Å². The summed E-state index contributed by atoms with van der Waals surface area (Å²) < 4.78 is 7.14. The number of methoxy groups -OCH3 is 1. The van der Waals surface area contributed by atoms with Crippen LogP contribution in [-0.2, 0) is 11.3 Å². The molecule has 0 unspecified atom stereocenters. The van der Waals surface area contributed by atoms with Crippen molar-refractivity contribution in [2.75, 3.05) is 30.8 Å². The second-order valence-electron chi connectivity index (χ2n) is 9.24. The molecular weight excluding hydrogens is 484 g/mol. The summed E-state index contributed by atoms with van der Waals surface area (Å²) in [6.45, 7) is 3.73. The maximum Gasteiger partial charge on any atom is 0.335 e. The number of carbonyl (C=O) groups excluding carboxylic acids is 1. The fourth-order valence-electron chi connectivity index (χ4n) is 4.69. The largest absolute Gasteiger partial charge is 0.497 e. The number of anilines is 3. The van der Waals surface area contributed by atoms with E-state index in [0.717, 1.165) is 34.5 Å². The first-order valence-corrected chi connectivity index (χ1v) is 12.6. The number of benzene rings is 2. The highest BCUT2D eigenvalue weighted by atomic mass is 16.5. The number of pyridine rings is 1. The Labute approximate surface area is 220 Å². The molecule has 1 aliphatic heterocycles. The Morgan fingerprint density at radius 3 is 2.55 bits per heavy atom. The van der Waals surface area contributed by atoms with Crippen LogP contribution in [0.4, 0.5) is 17.2 Å². The molecule has 5 rings (SSSR count). The van der Waals surface area contributed by atoms with E-state index in [-0.39, 0.29) is 17.5 Å². The summed E-state index contributed by atoms with van der Waals surface area (Å²) >= 11 is 0. The Hall–Kier alpha value is -4.60. The third-order valence-corrected chi connectivity index (χ3v) is 6.72. The lowest BCUT2D eigenvalue weighted by Gasteiger charge is -2.16. The molecular formula is C28H30N6O4. The van der Waals surface area contributed by atoms with E-state index in [0.29, 0.717) is 37.5 Å². The van der Waals surface area contributed by atoms with Gasteiger partial charge in [-0.15, -0.1) is 0 Å². The third-order valence-electron chi connectivity index (χ3n) is 6.72. The highest BCUT2D eigenvalue weighted by molar-refractivity contribution is 6.00. The van der Waals surface area contributed by atoms with Crippen LogP contribution in [0.1, 0.15) is 35.7 Å². The number of amides is 1. The van der Waals surface area contributed by atoms with Gasteiger partial charge in [0.05, 0.1) is 30.3 Å². The summed E-state index contributed by atoms with van der Waals surface area (Å²) in [7, 11) is 1.64. The zero-order valence-corrected chi connectivity index (χ0v) is 21.3. The van der Waals surface area contributed by atoms with Crippen LogP contribution in [0.15, 0.2) is 60.8 Å². The Bertz CT molecular complexity index is 1450. The van der Waals surface area contributed by atoms with Crippen molar-refractivity contribution in [3.05, 3.63) is 71.9 Å². The van der Waals surface area contributed by atoms with Crippen molar-refractivity contribution in [3.8, 4) is 5.75 Å². The van der Waals surface area contributed by atoms with Crippen molar-refractivity contribution >= 4 is 40.1 Å². The maximum absolute atomic E-state index is 12.2. The molecule has 1 atom stereocenters. The number of aromatic nitrogens is 3. The first kappa shape index (κ1) is 25.1. The summed E-state index contributed by atoms with van der Waals surface area (Å²) in [5, 5.41) is 21.9. The zero-order chi connectivity index (χ0) is 26.6. The lowest BCUT2D eigenvalue weighted by Crippen LogP contribution is -2.31. The molecule has 1 fully saturated rings. The fourth-order valence-corrected chi connectivity index (χ4v) is 4.69. The molecule has 196 valence electrons. The molecule has 10 nitrogen and oxygen atoms in total. The minimum atomic E-state index is -0.971. The summed E-state index contributed by atoms with van der Waals surface area (Å²) in [5.74, 6) is 0.647. The number of fused-ring (bicyclic) bond motifs is 1. The molecule has 38 heavy (non-hydrogen) atoms. The number of likely N-dealkylation sites (tertiary alicyclic amines) is 1. The topological polar surface area (TPSA) is 122 Å². The molecule has 1 amide bonds. The van der Waals surface area contributed by atoms with Gasteiger partial charge in [0.25, 0.3) is 0 Å². The van der Waals surface area contributed by atoms with E-state index >= 15 is 0 Å². The van der Waals surface area contributed by atoms with Crippen molar-refractivity contribution in [1.29, 1.82) is 0 Å². The van der Waals surface area contributed by atoms with Gasteiger partial charge >= 0.3 is 5.97 Å². The van der Waals surface area contributed by atoms with Crippen molar-refractivity contribution in [1.82, 2.24) is 19.7 Å². The van der Waals surface area contributed by atoms with Crippen molar-refractivity contribution in [2.24, 2.45) is 0 Å². The number of hydrogen-bond donors (Lipinski definition) is 3. The second-order valence-corrected chi connectivity index (χ2v) is 9.24. The zero-order valence-electron chi connectivity index (χ0n) is 21.3. The Balaban J connectivity index is 1.49. The molecule has 0 spiro atoms. The van der Waals surface area contributed by atoms with E-state index in [1.54, 1.807) is 37.6 Å². The van der Waals surface area contributed by atoms with Gasteiger partial charge in [-0.05, 0) is 54.4 Å². The van der Waals surface area contributed by atoms with Gasteiger partial charge in [-0.3, -0.25) is 4.79 Å². The highest BCUT2D eigenvalue weighted by Gasteiger charge is 2.27. The van der Waals surface area contributed by atoms with Crippen LogP contribution in [0.3, 0.4) is 0 Å². The van der Waals surface area contributed by atoms with Crippen LogP contribution in [0.2, 0.25) is 0 Å². The van der Waals surface area contributed by atoms with Gasteiger partial charge in [0.2, 0.25) is 5.91 Å². The lowest BCUT2D eigenvalue weighted by atomic mass is 10.2. The number of nitrogens with one attached hydrogen (secondary N) is 2. The van der Waals surface area contributed by atoms with Gasteiger partial charge in [-0.25, -0.2) is 14.5 Å². The number of rotatable bonds is 9. The molecule has 3 heterocycles. The molecule has 10 heteroatoms. The molecule has 0 saturated carbocycles. The summed E-state index contributed by atoms with van der Waals surface area (Å²) in [5.41, 5.74) is 3.51. The van der Waals surface area contributed by atoms with Crippen LogP contribution in [-0.4, -0.2) is 62.9 Å². The van der Waals surface area contributed by atoms with E-state index in [1.165, 1.54) is 0 Å². The molecule has 3 N–H and O–H groups in total. The Morgan fingerprint density at radius 2 is 1.87 bits per heavy atom. The van der Waals surface area contributed by atoms with Crippen molar-refractivity contribution in [2.45, 2.75) is 32.4 Å². The molecule has 2 aromatic heterocycles. The smallest absolute Gasteiger partial charge is 0.335 e. The number of aromatic carboxylic acids is 1. The van der Waals surface area contributed by atoms with Crippen LogP contribution in [0.25, 0.3) is 11.0 Å². The highest BCUT2D eigenvalue weighted by Crippen LogP contribution is 2.33. The fraction of sp³-hybridized carbons (Fsp3) is 0.286. The van der Waals surface area contributed by atoms with E-state index in [2.05, 4.69) is 15.6 Å². The summed E-state index contributed by atoms with van der Waals surface area (Å²) in [6.07, 6.45) is 3.05. The van der Waals surface area contributed by atoms with Gasteiger partial charge < -0.3 is 25.4 Å². The van der Waals surface area contributed by atoms with Gasteiger partial charge in [0.15, 0.2) is 11.5 Å². The minimum absolute atomic E-state index is 0.0703. The number of nitrogens with zero attached hydrogens (tertiary/aromatic N) is 4. The standard InChI is InChI=1S/C28H30N6O4/c1-3-24(35)33-15-13-21(17-33)31-26-25-23(30-20-8-6-19(7-9-20)28(36)37)12-14-29-27(25)34(32-26)16-18-4-10-22(38-2)11-5-18/h4-12,14,21H,3,13,15-17H2,1-2H3,(H,29,30)(H,31,32)(H,36,37)/t21-/m1/s1. The molecule has 0 aliphatic carbocycles. The first-order chi connectivity index (χ1) is 18.4. The summed E-state index contributed by atoms with van der Waals surface area (Å²) in [6, 6.07) is 16.4. The SMILES string of the molecule is CCC(=O)N1CC[C@@H](Nc2nn(Cc3ccc(OC)cc3)c3nccc(Nc4ccc(C(=O)O)cc4)c23)C1. The summed E-state index contributed by atoms with van der Waals surface area (Å²) in [4.78, 5) is 30.0. The Kier molecular flexibility index (Phi) is 7.12. The van der Waals surface area contributed by atoms with Crippen molar-refractivity contribution < 1.29 is 19.4 Å². The number of ether oxygens (including phenoxy) is 1. The first-order valence-electron chi connectivity index (χ1n) is 12.6. The predicted octanol–water partition coefficient (Wildman–Crippen LogP) is 4.35. The Morgan fingerprint density at radius 1 is 1.11 bits per heavy atom. The van der Waals surface area contributed by atoms with Gasteiger partial charge in [0.1, 0.15) is 5.75 Å². The average Bonchev–Trinajstić information content (AvgIpc) is 3.54. The van der Waals surface area contributed by atoms with E-state index in [9.17, 15) is 14.7 Å². The lowest BCUT2D eigenvalue weighted by molar-refractivity contribution is -0.129. The van der Waals surface area contributed by atoms with Gasteiger partial charge in [-0.1, -0.05) is 19.1 Å². The third kappa shape index (κ3) is 5.24. The van der Waals surface area contributed by atoms with Gasteiger partial charge in [0, 0.05) is 37.4 Å². The van der Waals surface area contributed by atoms with E-state index in [4.69, 9.17) is 9.84 Å².